The summed E-state index contributed by atoms with van der Waals surface area (Å²) < 4.78 is 18.9. The molecule has 1 aromatic heterocycles. The van der Waals surface area contributed by atoms with Gasteiger partial charge in [0.1, 0.15) is 5.60 Å². The number of aromatic nitrogens is 1. The maximum atomic E-state index is 13.8. The molecule has 0 saturated heterocycles. The van der Waals surface area contributed by atoms with Crippen LogP contribution in [0.1, 0.15) is 45.2 Å². The van der Waals surface area contributed by atoms with Crippen LogP contribution < -0.4 is 5.32 Å². The summed E-state index contributed by atoms with van der Waals surface area (Å²) in [6.07, 6.45) is 1.32. The molecular weight excluding hydrogens is 271 g/mol. The molecule has 0 spiro atoms. The number of rotatable bonds is 2. The summed E-state index contributed by atoms with van der Waals surface area (Å²) >= 11 is 5.73. The smallest absolute Gasteiger partial charge is 0.412 e. The van der Waals surface area contributed by atoms with Crippen molar-refractivity contribution in [1.82, 2.24) is 4.98 Å². The van der Waals surface area contributed by atoms with Crippen LogP contribution in [0.4, 0.5) is 14.9 Å². The summed E-state index contributed by atoms with van der Waals surface area (Å²) in [4.78, 5) is 15.6. The van der Waals surface area contributed by atoms with Crippen LogP contribution in [-0.2, 0) is 4.74 Å². The lowest BCUT2D eigenvalue weighted by Crippen LogP contribution is -2.27. The Morgan fingerprint density at radius 3 is 2.68 bits per heavy atom. The lowest BCUT2D eigenvalue weighted by molar-refractivity contribution is 0.0635. The molecule has 0 aliphatic heterocycles. The average Bonchev–Trinajstić information content (AvgIpc) is 3.05. The van der Waals surface area contributed by atoms with Crippen LogP contribution in [-0.4, -0.2) is 16.7 Å². The van der Waals surface area contributed by atoms with Crippen molar-refractivity contribution in [2.75, 3.05) is 5.32 Å². The monoisotopic (exact) mass is 286 g/mol. The van der Waals surface area contributed by atoms with Crippen molar-refractivity contribution < 1.29 is 13.9 Å². The Morgan fingerprint density at radius 2 is 2.16 bits per heavy atom. The number of carbonyl (C=O) groups excluding carboxylic acids is 1. The molecule has 1 fully saturated rings. The normalized spacial score (nSPS) is 15.2. The van der Waals surface area contributed by atoms with E-state index in [9.17, 15) is 9.18 Å². The van der Waals surface area contributed by atoms with Crippen molar-refractivity contribution in [3.05, 3.63) is 22.7 Å². The molecule has 104 valence electrons. The van der Waals surface area contributed by atoms with E-state index in [0.29, 0.717) is 11.6 Å². The molecule has 0 aromatic carbocycles. The zero-order valence-electron chi connectivity index (χ0n) is 11.1. The van der Waals surface area contributed by atoms with Gasteiger partial charge in [-0.1, -0.05) is 11.6 Å². The van der Waals surface area contributed by atoms with Gasteiger partial charge in [-0.3, -0.25) is 5.32 Å². The van der Waals surface area contributed by atoms with Gasteiger partial charge in [0, 0.05) is 11.6 Å². The molecule has 19 heavy (non-hydrogen) atoms. The molecule has 0 bridgehead atoms. The highest BCUT2D eigenvalue weighted by Gasteiger charge is 2.27. The van der Waals surface area contributed by atoms with Gasteiger partial charge in [0.15, 0.2) is 11.0 Å². The largest absolute Gasteiger partial charge is 0.444 e. The molecule has 4 nitrogen and oxygen atoms in total. The highest BCUT2D eigenvalue weighted by atomic mass is 35.5. The number of pyridine rings is 1. The van der Waals surface area contributed by atoms with Gasteiger partial charge in [-0.25, -0.2) is 14.2 Å². The SMILES string of the molecule is CC(C)(C)OC(=O)Nc1cc(C2CC2)nc(Cl)c1F. The Kier molecular flexibility index (Phi) is 3.67. The van der Waals surface area contributed by atoms with Crippen LogP contribution >= 0.6 is 11.6 Å². The minimum atomic E-state index is -0.739. The summed E-state index contributed by atoms with van der Waals surface area (Å²) in [6.45, 7) is 5.20. The second kappa shape index (κ2) is 4.96. The van der Waals surface area contributed by atoms with Crippen molar-refractivity contribution in [1.29, 1.82) is 0 Å². The summed E-state index contributed by atoms with van der Waals surface area (Å²) in [7, 11) is 0. The highest BCUT2D eigenvalue weighted by Crippen LogP contribution is 2.41. The Bertz CT molecular complexity index is 510. The van der Waals surface area contributed by atoms with Gasteiger partial charge in [-0.05, 0) is 39.7 Å². The third kappa shape index (κ3) is 3.80. The fourth-order valence-electron chi connectivity index (χ4n) is 1.61. The van der Waals surface area contributed by atoms with E-state index in [1.165, 1.54) is 6.07 Å². The van der Waals surface area contributed by atoms with Crippen LogP contribution in [0.3, 0.4) is 0 Å². The molecular formula is C13H16ClFN2O2. The number of nitrogens with zero attached hydrogens (tertiary/aromatic N) is 1. The summed E-state index contributed by atoms with van der Waals surface area (Å²) in [6, 6.07) is 1.52. The molecule has 2 rings (SSSR count). The molecule has 1 heterocycles. The number of hydrogen-bond acceptors (Lipinski definition) is 3. The predicted molar refractivity (Wildman–Crippen MR) is 71.0 cm³/mol. The van der Waals surface area contributed by atoms with Crippen molar-refractivity contribution in [3.63, 3.8) is 0 Å². The Balaban J connectivity index is 2.17. The standard InChI is InChI=1S/C13H16ClFN2O2/c1-13(2,3)19-12(18)17-9-6-8(7-4-5-7)16-11(14)10(9)15/h6-7H,4-5H2,1-3H3,(H,16,17,18). The van der Waals surface area contributed by atoms with Crippen LogP contribution in [0.5, 0.6) is 0 Å². The first-order chi connectivity index (χ1) is 8.76. The minimum Gasteiger partial charge on any atom is -0.444 e. The van der Waals surface area contributed by atoms with E-state index in [-0.39, 0.29) is 10.8 Å². The molecule has 0 unspecified atom stereocenters. The molecule has 1 N–H and O–H groups in total. The maximum Gasteiger partial charge on any atom is 0.412 e. The van der Waals surface area contributed by atoms with Gasteiger partial charge in [0.25, 0.3) is 0 Å². The van der Waals surface area contributed by atoms with E-state index in [1.807, 2.05) is 0 Å². The number of carbonyl (C=O) groups is 1. The quantitative estimate of drug-likeness (QED) is 0.833. The van der Waals surface area contributed by atoms with E-state index < -0.39 is 17.5 Å². The van der Waals surface area contributed by atoms with Crippen LogP contribution in [0.2, 0.25) is 5.15 Å². The Hall–Kier alpha value is -1.36. The second-order valence-electron chi connectivity index (χ2n) is 5.60. The first-order valence-electron chi connectivity index (χ1n) is 6.12. The van der Waals surface area contributed by atoms with Crippen LogP contribution in [0.25, 0.3) is 0 Å². The third-order valence-corrected chi connectivity index (χ3v) is 2.82. The van der Waals surface area contributed by atoms with E-state index in [1.54, 1.807) is 20.8 Å². The second-order valence-corrected chi connectivity index (χ2v) is 5.96. The maximum absolute atomic E-state index is 13.8. The van der Waals surface area contributed by atoms with E-state index in [0.717, 1.165) is 12.8 Å². The van der Waals surface area contributed by atoms with Gasteiger partial charge in [0.2, 0.25) is 0 Å². The number of halogens is 2. The summed E-state index contributed by atoms with van der Waals surface area (Å²) in [5, 5.41) is 2.14. The topological polar surface area (TPSA) is 51.2 Å². The molecule has 0 atom stereocenters. The molecule has 1 aliphatic carbocycles. The van der Waals surface area contributed by atoms with Gasteiger partial charge in [0.05, 0.1) is 5.69 Å². The lowest BCUT2D eigenvalue weighted by Gasteiger charge is -2.20. The Morgan fingerprint density at radius 1 is 1.53 bits per heavy atom. The predicted octanol–water partition coefficient (Wildman–Crippen LogP) is 4.10. The van der Waals surface area contributed by atoms with Gasteiger partial charge < -0.3 is 4.74 Å². The highest BCUT2D eigenvalue weighted by molar-refractivity contribution is 6.29. The number of ether oxygens (including phenoxy) is 1. The third-order valence-electron chi connectivity index (χ3n) is 2.57. The number of anilines is 1. The van der Waals surface area contributed by atoms with Crippen molar-refractivity contribution >= 4 is 23.4 Å². The molecule has 1 aromatic rings. The summed E-state index contributed by atoms with van der Waals surface area (Å²) in [5.74, 6) is -0.422. The lowest BCUT2D eigenvalue weighted by atomic mass is 10.2. The van der Waals surface area contributed by atoms with Gasteiger partial charge in [-0.15, -0.1) is 0 Å². The van der Waals surface area contributed by atoms with Crippen molar-refractivity contribution in [2.45, 2.75) is 45.1 Å². The molecule has 1 amide bonds. The zero-order chi connectivity index (χ0) is 14.2. The summed E-state index contributed by atoms with van der Waals surface area (Å²) in [5.41, 5.74) is 0.0741. The van der Waals surface area contributed by atoms with Gasteiger partial charge in [-0.2, -0.15) is 0 Å². The van der Waals surface area contributed by atoms with E-state index >= 15 is 0 Å². The van der Waals surface area contributed by atoms with Crippen LogP contribution in [0.15, 0.2) is 6.07 Å². The molecule has 6 heteroatoms. The minimum absolute atomic E-state index is 0.0103. The first-order valence-corrected chi connectivity index (χ1v) is 6.50. The fraction of sp³-hybridized carbons (Fsp3) is 0.538. The van der Waals surface area contributed by atoms with Crippen molar-refractivity contribution in [2.24, 2.45) is 0 Å². The Labute approximate surface area is 116 Å². The molecule has 1 aliphatic rings. The van der Waals surface area contributed by atoms with Crippen molar-refractivity contribution in [3.8, 4) is 0 Å². The molecule has 0 radical (unpaired) electrons. The van der Waals surface area contributed by atoms with E-state index in [4.69, 9.17) is 16.3 Å². The van der Waals surface area contributed by atoms with Gasteiger partial charge >= 0.3 is 6.09 Å². The number of hydrogen-bond donors (Lipinski definition) is 1. The van der Waals surface area contributed by atoms with Crippen LogP contribution in [0, 0.1) is 5.82 Å². The zero-order valence-corrected chi connectivity index (χ0v) is 11.8. The number of nitrogens with one attached hydrogen (secondary N) is 1. The fourth-order valence-corrected chi connectivity index (χ4v) is 1.81. The average molecular weight is 287 g/mol. The molecule has 1 saturated carbocycles. The first kappa shape index (κ1) is 14.1. The number of amides is 1. The van der Waals surface area contributed by atoms with E-state index in [2.05, 4.69) is 10.3 Å².